The molecule has 0 aromatic carbocycles. The molecule has 2 N–H and O–H groups in total. The molecule has 3 aliphatic carbocycles. The third kappa shape index (κ3) is 0.623. The maximum Gasteiger partial charge on any atom is 0.316 e. The molecule has 2 atom stereocenters. The van der Waals surface area contributed by atoms with Crippen LogP contribution in [0.4, 0.5) is 0 Å². The smallest absolute Gasteiger partial charge is 0.316 e. The van der Waals surface area contributed by atoms with Crippen molar-refractivity contribution in [3.05, 3.63) is 17.5 Å². The van der Waals surface area contributed by atoms with E-state index in [1.165, 1.54) is 12.8 Å². The Kier molecular flexibility index (Phi) is 1.28. The minimum atomic E-state index is -0.637. The van der Waals surface area contributed by atoms with Gasteiger partial charge in [0.05, 0.1) is 11.9 Å². The van der Waals surface area contributed by atoms with Crippen molar-refractivity contribution in [2.24, 2.45) is 11.3 Å². The molecule has 4 nitrogen and oxygen atoms in total. The highest BCUT2D eigenvalue weighted by molar-refractivity contribution is 5.90. The van der Waals surface area contributed by atoms with Crippen molar-refractivity contribution in [2.45, 2.75) is 37.5 Å². The van der Waals surface area contributed by atoms with Crippen LogP contribution < -0.4 is 0 Å². The Morgan fingerprint density at radius 2 is 2.25 bits per heavy atom. The zero-order valence-corrected chi connectivity index (χ0v) is 8.99. The molecule has 0 radical (unpaired) electrons. The first-order valence-corrected chi connectivity index (χ1v) is 5.99. The number of aromatic amines is 1. The van der Waals surface area contributed by atoms with E-state index >= 15 is 0 Å². The van der Waals surface area contributed by atoms with Crippen LogP contribution in [0.3, 0.4) is 0 Å². The molecule has 84 valence electrons. The van der Waals surface area contributed by atoms with E-state index in [0.29, 0.717) is 5.92 Å². The van der Waals surface area contributed by atoms with Crippen LogP contribution >= 0.6 is 0 Å². The molecule has 2 saturated carbocycles. The molecule has 3 aliphatic rings. The van der Waals surface area contributed by atoms with Crippen LogP contribution in [-0.2, 0) is 16.6 Å². The third-order valence-electron chi connectivity index (χ3n) is 5.26. The Hall–Kier alpha value is -1.32. The standard InChI is InChI=1S/C12H14N2O2/c15-10(16)12-8(11(12)3-1-2-4-11)5-7-6-13-14-9(7)12/h6,8H,1-5H2,(H,13,14)(H,15,16). The van der Waals surface area contributed by atoms with Crippen molar-refractivity contribution in [2.75, 3.05) is 0 Å². The second kappa shape index (κ2) is 2.34. The molecule has 1 spiro atoms. The lowest BCUT2D eigenvalue weighted by Crippen LogP contribution is -2.27. The number of carboxylic acid groups (broad SMARTS) is 1. The van der Waals surface area contributed by atoms with E-state index in [2.05, 4.69) is 10.2 Å². The maximum atomic E-state index is 11.7. The minimum absolute atomic E-state index is 0.0678. The lowest BCUT2D eigenvalue weighted by Gasteiger charge is -2.17. The van der Waals surface area contributed by atoms with Gasteiger partial charge in [0.25, 0.3) is 0 Å². The van der Waals surface area contributed by atoms with Crippen LogP contribution in [0.2, 0.25) is 0 Å². The zero-order valence-electron chi connectivity index (χ0n) is 8.99. The van der Waals surface area contributed by atoms with Gasteiger partial charge in [-0.15, -0.1) is 0 Å². The van der Waals surface area contributed by atoms with E-state index in [0.717, 1.165) is 30.5 Å². The van der Waals surface area contributed by atoms with Gasteiger partial charge in [-0.25, -0.2) is 0 Å². The van der Waals surface area contributed by atoms with Gasteiger partial charge in [-0.3, -0.25) is 9.89 Å². The van der Waals surface area contributed by atoms with Crippen molar-refractivity contribution >= 4 is 5.97 Å². The summed E-state index contributed by atoms with van der Waals surface area (Å²) in [6, 6.07) is 0. The summed E-state index contributed by atoms with van der Waals surface area (Å²) in [4.78, 5) is 11.7. The fourth-order valence-corrected chi connectivity index (χ4v) is 4.70. The highest BCUT2D eigenvalue weighted by Gasteiger charge is 2.84. The molecule has 0 amide bonds. The summed E-state index contributed by atoms with van der Waals surface area (Å²) in [5.41, 5.74) is 1.50. The predicted molar refractivity (Wildman–Crippen MR) is 56.0 cm³/mol. The molecule has 2 unspecified atom stereocenters. The van der Waals surface area contributed by atoms with Crippen LogP contribution in [-0.4, -0.2) is 21.3 Å². The number of H-pyrrole nitrogens is 1. The van der Waals surface area contributed by atoms with Crippen molar-refractivity contribution in [1.29, 1.82) is 0 Å². The quantitative estimate of drug-likeness (QED) is 0.750. The topological polar surface area (TPSA) is 66.0 Å². The fourth-order valence-electron chi connectivity index (χ4n) is 4.70. The van der Waals surface area contributed by atoms with E-state index < -0.39 is 11.4 Å². The van der Waals surface area contributed by atoms with E-state index in [4.69, 9.17) is 0 Å². The van der Waals surface area contributed by atoms with E-state index in [9.17, 15) is 9.90 Å². The Morgan fingerprint density at radius 1 is 1.50 bits per heavy atom. The van der Waals surface area contributed by atoms with Gasteiger partial charge >= 0.3 is 5.97 Å². The number of hydrogen-bond donors (Lipinski definition) is 2. The van der Waals surface area contributed by atoms with Crippen molar-refractivity contribution in [3.63, 3.8) is 0 Å². The Morgan fingerprint density at radius 3 is 2.94 bits per heavy atom. The normalized spacial score (nSPS) is 37.4. The number of aromatic nitrogens is 2. The molecule has 0 aliphatic heterocycles. The zero-order chi connectivity index (χ0) is 11.0. The van der Waals surface area contributed by atoms with E-state index in [1.807, 2.05) is 0 Å². The summed E-state index contributed by atoms with van der Waals surface area (Å²) in [5.74, 6) is -0.299. The van der Waals surface area contributed by atoms with Gasteiger partial charge in [-0.2, -0.15) is 5.10 Å². The number of aliphatic carboxylic acids is 1. The average Bonchev–Trinajstić information content (AvgIpc) is 2.71. The lowest BCUT2D eigenvalue weighted by molar-refractivity contribution is -0.141. The number of fused-ring (bicyclic) bond motifs is 5. The number of nitrogens with one attached hydrogen (secondary N) is 1. The second-order valence-electron chi connectivity index (χ2n) is 5.50. The first-order valence-electron chi connectivity index (χ1n) is 5.99. The molecule has 1 aromatic rings. The molecule has 0 saturated heterocycles. The SMILES string of the molecule is O=C(O)C12c3[nH]ncc3CC1C21CCCC1. The van der Waals surface area contributed by atoms with Gasteiger partial charge in [0.1, 0.15) is 5.41 Å². The third-order valence-corrected chi connectivity index (χ3v) is 5.26. The van der Waals surface area contributed by atoms with Gasteiger partial charge in [-0.1, -0.05) is 12.8 Å². The maximum absolute atomic E-state index is 11.7. The summed E-state index contributed by atoms with van der Waals surface area (Å²) >= 11 is 0. The lowest BCUT2D eigenvalue weighted by atomic mass is 9.86. The van der Waals surface area contributed by atoms with Gasteiger partial charge < -0.3 is 5.11 Å². The van der Waals surface area contributed by atoms with Gasteiger partial charge in [-0.05, 0) is 36.2 Å². The van der Waals surface area contributed by atoms with Crippen molar-refractivity contribution in [3.8, 4) is 0 Å². The van der Waals surface area contributed by atoms with E-state index in [-0.39, 0.29) is 5.41 Å². The summed E-state index contributed by atoms with van der Waals surface area (Å²) in [5, 5.41) is 16.6. The number of hydrogen-bond acceptors (Lipinski definition) is 2. The molecular formula is C12H14N2O2. The first kappa shape index (κ1) is 8.79. The number of nitrogens with zero attached hydrogens (tertiary/aromatic N) is 1. The molecule has 1 aromatic heterocycles. The first-order chi connectivity index (χ1) is 7.73. The van der Waals surface area contributed by atoms with E-state index in [1.54, 1.807) is 6.20 Å². The fraction of sp³-hybridized carbons (Fsp3) is 0.667. The number of carboxylic acids is 1. The van der Waals surface area contributed by atoms with Crippen molar-refractivity contribution in [1.82, 2.24) is 10.2 Å². The molecule has 4 heteroatoms. The highest BCUT2D eigenvalue weighted by atomic mass is 16.4. The summed E-state index contributed by atoms with van der Waals surface area (Å²) in [6.07, 6.45) is 7.27. The summed E-state index contributed by atoms with van der Waals surface area (Å²) in [7, 11) is 0. The Labute approximate surface area is 93.1 Å². The van der Waals surface area contributed by atoms with Crippen LogP contribution in [0.1, 0.15) is 36.9 Å². The van der Waals surface area contributed by atoms with Crippen LogP contribution in [0.5, 0.6) is 0 Å². The number of rotatable bonds is 1. The van der Waals surface area contributed by atoms with Gasteiger partial charge in [0.2, 0.25) is 0 Å². The average molecular weight is 218 g/mol. The van der Waals surface area contributed by atoms with Gasteiger partial charge in [0.15, 0.2) is 0 Å². The molecule has 16 heavy (non-hydrogen) atoms. The highest BCUT2D eigenvalue weighted by Crippen LogP contribution is 2.79. The minimum Gasteiger partial charge on any atom is -0.481 e. The monoisotopic (exact) mass is 218 g/mol. The molecule has 2 fully saturated rings. The number of carbonyl (C=O) groups is 1. The van der Waals surface area contributed by atoms with Crippen LogP contribution in [0.15, 0.2) is 6.20 Å². The van der Waals surface area contributed by atoms with Crippen LogP contribution in [0, 0.1) is 11.3 Å². The van der Waals surface area contributed by atoms with Crippen LogP contribution in [0.25, 0.3) is 0 Å². The van der Waals surface area contributed by atoms with Crippen molar-refractivity contribution < 1.29 is 9.90 Å². The molecule has 1 heterocycles. The Balaban J connectivity index is 1.92. The second-order valence-corrected chi connectivity index (χ2v) is 5.50. The molecule has 4 rings (SSSR count). The summed E-state index contributed by atoms with van der Waals surface area (Å²) in [6.45, 7) is 0. The molecule has 0 bridgehead atoms. The summed E-state index contributed by atoms with van der Waals surface area (Å²) < 4.78 is 0. The molecular weight excluding hydrogens is 204 g/mol. The largest absolute Gasteiger partial charge is 0.481 e. The predicted octanol–water partition coefficient (Wildman–Crippen LogP) is 1.48. The van der Waals surface area contributed by atoms with Gasteiger partial charge in [0, 0.05) is 0 Å². The Bertz CT molecular complexity index is 487.